The summed E-state index contributed by atoms with van der Waals surface area (Å²) in [6.07, 6.45) is 0.817. The van der Waals surface area contributed by atoms with Crippen molar-refractivity contribution in [3.63, 3.8) is 0 Å². The third-order valence-electron chi connectivity index (χ3n) is 4.42. The third kappa shape index (κ3) is 2.97. The Kier molecular flexibility index (Phi) is 4.24. The number of fused-ring (bicyclic) bond motifs is 1. The highest BCUT2D eigenvalue weighted by atomic mass is 16.2. The molecule has 7 heteroatoms. The fourth-order valence-electron chi connectivity index (χ4n) is 3.00. The van der Waals surface area contributed by atoms with Gasteiger partial charge < -0.3 is 16.0 Å². The van der Waals surface area contributed by atoms with Crippen molar-refractivity contribution in [3.05, 3.63) is 46.2 Å². The summed E-state index contributed by atoms with van der Waals surface area (Å²) in [6, 6.07) is 8.41. The highest BCUT2D eigenvalue weighted by molar-refractivity contribution is 5.98. The number of hydrogen-bond donors (Lipinski definition) is 3. The van der Waals surface area contributed by atoms with Crippen molar-refractivity contribution < 1.29 is 4.79 Å². The van der Waals surface area contributed by atoms with Crippen LogP contribution in [0.3, 0.4) is 0 Å². The molecule has 1 amide bonds. The Morgan fingerprint density at radius 2 is 2.12 bits per heavy atom. The number of nitrogens with zero attached hydrogens (tertiary/aromatic N) is 2. The smallest absolute Gasteiger partial charge is 0.254 e. The molecule has 0 fully saturated rings. The van der Waals surface area contributed by atoms with Gasteiger partial charge in [0.15, 0.2) is 0 Å². The number of carbonyl (C=O) groups excluding carboxylic acids is 1. The Morgan fingerprint density at radius 1 is 1.38 bits per heavy atom. The maximum Gasteiger partial charge on any atom is 0.254 e. The summed E-state index contributed by atoms with van der Waals surface area (Å²) in [5.41, 5.74) is 7.14. The highest BCUT2D eigenvalue weighted by Crippen LogP contribution is 2.29. The minimum atomic E-state index is -0.452. The van der Waals surface area contributed by atoms with Crippen molar-refractivity contribution >= 4 is 23.4 Å². The molecule has 3 rings (SSSR count). The zero-order valence-electron chi connectivity index (χ0n) is 13.7. The van der Waals surface area contributed by atoms with Crippen LogP contribution in [0.1, 0.15) is 25.8 Å². The summed E-state index contributed by atoms with van der Waals surface area (Å²) in [4.78, 5) is 33.4. The van der Waals surface area contributed by atoms with Crippen LogP contribution in [0.15, 0.2) is 35.1 Å². The van der Waals surface area contributed by atoms with E-state index in [2.05, 4.69) is 15.3 Å². The third-order valence-corrected chi connectivity index (χ3v) is 4.42. The van der Waals surface area contributed by atoms with Crippen molar-refractivity contribution in [2.45, 2.75) is 32.9 Å². The average Bonchev–Trinajstić information content (AvgIpc) is 2.69. The summed E-state index contributed by atoms with van der Waals surface area (Å²) in [5.74, 6) is 0.414. The molecule has 7 nitrogen and oxygen atoms in total. The van der Waals surface area contributed by atoms with Crippen molar-refractivity contribution in [1.82, 2.24) is 9.97 Å². The number of carbonyl (C=O) groups is 1. The molecule has 1 aromatic carbocycles. The van der Waals surface area contributed by atoms with Crippen molar-refractivity contribution in [2.24, 2.45) is 5.92 Å². The highest BCUT2D eigenvalue weighted by Gasteiger charge is 2.35. The number of nitrogens with one attached hydrogen (secondary N) is 2. The van der Waals surface area contributed by atoms with E-state index in [1.807, 2.05) is 43.0 Å². The van der Waals surface area contributed by atoms with E-state index in [1.54, 1.807) is 0 Å². The molecule has 24 heavy (non-hydrogen) atoms. The first-order chi connectivity index (χ1) is 11.5. The van der Waals surface area contributed by atoms with E-state index in [9.17, 15) is 9.59 Å². The van der Waals surface area contributed by atoms with E-state index in [4.69, 9.17) is 5.73 Å². The van der Waals surface area contributed by atoms with Gasteiger partial charge in [-0.25, -0.2) is 0 Å². The van der Waals surface area contributed by atoms with Gasteiger partial charge in [0.2, 0.25) is 11.9 Å². The topological polar surface area (TPSA) is 104 Å². The summed E-state index contributed by atoms with van der Waals surface area (Å²) in [6.45, 7) is 4.50. The van der Waals surface area contributed by atoms with Crippen LogP contribution in [0.4, 0.5) is 17.5 Å². The van der Waals surface area contributed by atoms with Crippen molar-refractivity contribution in [2.75, 3.05) is 16.0 Å². The lowest BCUT2D eigenvalue weighted by Gasteiger charge is -2.32. The molecule has 1 aliphatic heterocycles. The SMILES string of the molecule is CCC(C)C1C(=O)Nc2ccccc2CN1c1nc(N)cc(=O)[nH]1. The van der Waals surface area contributed by atoms with E-state index < -0.39 is 6.04 Å². The fraction of sp³-hybridized carbons (Fsp3) is 0.353. The normalized spacial score (nSPS) is 18.5. The van der Waals surface area contributed by atoms with Gasteiger partial charge >= 0.3 is 0 Å². The van der Waals surface area contributed by atoms with E-state index in [-0.39, 0.29) is 23.2 Å². The summed E-state index contributed by atoms with van der Waals surface area (Å²) in [5, 5.41) is 2.99. The maximum absolute atomic E-state index is 12.8. The Bertz CT molecular complexity index is 817. The van der Waals surface area contributed by atoms with Crippen LogP contribution in [-0.4, -0.2) is 21.9 Å². The quantitative estimate of drug-likeness (QED) is 0.796. The van der Waals surface area contributed by atoms with Crippen LogP contribution in [-0.2, 0) is 11.3 Å². The van der Waals surface area contributed by atoms with Gasteiger partial charge in [0, 0.05) is 18.3 Å². The van der Waals surface area contributed by atoms with Crippen LogP contribution < -0.4 is 21.5 Å². The molecule has 2 aromatic rings. The largest absolute Gasteiger partial charge is 0.383 e. The number of rotatable bonds is 3. The number of anilines is 3. The molecule has 4 N–H and O–H groups in total. The zero-order valence-corrected chi connectivity index (χ0v) is 13.7. The number of nitrogen functional groups attached to an aromatic ring is 1. The molecule has 1 aromatic heterocycles. The van der Waals surface area contributed by atoms with Gasteiger partial charge in [0.05, 0.1) is 0 Å². The summed E-state index contributed by atoms with van der Waals surface area (Å²) < 4.78 is 0. The second-order valence-corrected chi connectivity index (χ2v) is 6.10. The number of para-hydroxylation sites is 1. The molecular formula is C17H21N5O2. The van der Waals surface area contributed by atoms with Gasteiger partial charge in [-0.1, -0.05) is 38.5 Å². The molecule has 0 saturated heterocycles. The molecule has 0 radical (unpaired) electrons. The van der Waals surface area contributed by atoms with Gasteiger partial charge in [0.1, 0.15) is 11.9 Å². The second-order valence-electron chi connectivity index (χ2n) is 6.10. The van der Waals surface area contributed by atoms with Gasteiger partial charge in [-0.15, -0.1) is 0 Å². The molecule has 2 atom stereocenters. The number of aromatic amines is 1. The number of amides is 1. The number of nitrogens with two attached hydrogens (primary N) is 1. The van der Waals surface area contributed by atoms with Crippen LogP contribution >= 0.6 is 0 Å². The first kappa shape index (κ1) is 16.0. The summed E-state index contributed by atoms with van der Waals surface area (Å²) in [7, 11) is 0. The molecule has 0 spiro atoms. The number of H-pyrrole nitrogens is 1. The molecule has 0 aliphatic carbocycles. The predicted molar refractivity (Wildman–Crippen MR) is 93.8 cm³/mol. The monoisotopic (exact) mass is 327 g/mol. The van der Waals surface area contributed by atoms with Gasteiger partial charge in [-0.05, 0) is 17.5 Å². The van der Waals surface area contributed by atoms with Gasteiger partial charge in [-0.3, -0.25) is 14.6 Å². The lowest BCUT2D eigenvalue weighted by atomic mass is 9.97. The van der Waals surface area contributed by atoms with Crippen molar-refractivity contribution in [1.29, 1.82) is 0 Å². The Labute approximate surface area is 139 Å². The molecule has 1 aliphatic rings. The van der Waals surface area contributed by atoms with Crippen LogP contribution in [0.25, 0.3) is 0 Å². The van der Waals surface area contributed by atoms with E-state index in [1.165, 1.54) is 6.07 Å². The Morgan fingerprint density at radius 3 is 2.83 bits per heavy atom. The first-order valence-corrected chi connectivity index (χ1v) is 8.02. The zero-order chi connectivity index (χ0) is 17.3. The van der Waals surface area contributed by atoms with Crippen LogP contribution in [0, 0.1) is 5.92 Å². The van der Waals surface area contributed by atoms with Gasteiger partial charge in [0.25, 0.3) is 5.56 Å². The molecule has 126 valence electrons. The van der Waals surface area contributed by atoms with E-state index in [0.29, 0.717) is 12.5 Å². The second kappa shape index (κ2) is 6.35. The molecule has 2 unspecified atom stereocenters. The molecule has 0 saturated carbocycles. The maximum atomic E-state index is 12.8. The summed E-state index contributed by atoms with van der Waals surface area (Å²) >= 11 is 0. The van der Waals surface area contributed by atoms with Gasteiger partial charge in [-0.2, -0.15) is 4.98 Å². The standard InChI is InChI=1S/C17H21N5O2/c1-3-10(2)15-16(24)19-12-7-5-4-6-11(12)9-22(15)17-20-13(18)8-14(23)21-17/h4-8,10,15H,3,9H2,1-2H3,(H,19,24)(H3,18,20,21,23). The van der Waals surface area contributed by atoms with Crippen molar-refractivity contribution in [3.8, 4) is 0 Å². The van der Waals surface area contributed by atoms with Crippen LogP contribution in [0.5, 0.6) is 0 Å². The number of hydrogen-bond acceptors (Lipinski definition) is 5. The minimum Gasteiger partial charge on any atom is -0.383 e. The minimum absolute atomic E-state index is 0.0750. The average molecular weight is 327 g/mol. The molecular weight excluding hydrogens is 306 g/mol. The molecule has 2 heterocycles. The Hall–Kier alpha value is -2.83. The van der Waals surface area contributed by atoms with E-state index >= 15 is 0 Å². The number of aromatic nitrogens is 2. The first-order valence-electron chi connectivity index (χ1n) is 8.02. The molecule has 0 bridgehead atoms. The van der Waals surface area contributed by atoms with E-state index in [0.717, 1.165) is 17.7 Å². The fourth-order valence-corrected chi connectivity index (χ4v) is 3.00. The lowest BCUT2D eigenvalue weighted by molar-refractivity contribution is -0.118. The predicted octanol–water partition coefficient (Wildman–Crippen LogP) is 1.73. The number of benzene rings is 1. The lowest BCUT2D eigenvalue weighted by Crippen LogP contribution is -2.47. The van der Waals surface area contributed by atoms with Crippen LogP contribution in [0.2, 0.25) is 0 Å². The Balaban J connectivity index is 2.13.